The van der Waals surface area contributed by atoms with Crippen molar-refractivity contribution in [3.05, 3.63) is 88.9 Å². The maximum Gasteiger partial charge on any atom is 0.103 e. The molecule has 37 heavy (non-hydrogen) atoms. The van der Waals surface area contributed by atoms with Crippen molar-refractivity contribution in [3.63, 3.8) is 0 Å². The van der Waals surface area contributed by atoms with E-state index in [1.807, 2.05) is 24.4 Å². The Hall–Kier alpha value is -3.96. The molecule has 188 valence electrons. The van der Waals surface area contributed by atoms with Crippen LogP contribution in [-0.4, -0.2) is 54.3 Å². The van der Waals surface area contributed by atoms with Gasteiger partial charge in [-0.3, -0.25) is 9.88 Å². The van der Waals surface area contributed by atoms with E-state index in [2.05, 4.69) is 74.9 Å². The van der Waals surface area contributed by atoms with Crippen molar-refractivity contribution in [3.8, 4) is 6.07 Å². The number of pyridine rings is 1. The predicted molar refractivity (Wildman–Crippen MR) is 150 cm³/mol. The molecular weight excluding hydrogens is 460 g/mol. The average Bonchev–Trinajstić information content (AvgIpc) is 3.43. The molecule has 3 N–H and O–H groups in total. The van der Waals surface area contributed by atoms with Gasteiger partial charge in [0.25, 0.3) is 0 Å². The molecular formula is C30H32N6O. The number of aryl methyl sites for hydroxylation is 1. The van der Waals surface area contributed by atoms with E-state index in [4.69, 9.17) is 4.74 Å². The van der Waals surface area contributed by atoms with Crippen molar-refractivity contribution in [2.24, 2.45) is 0 Å². The molecule has 0 amide bonds. The maximum absolute atomic E-state index is 9.76. The minimum absolute atomic E-state index is 0.508. The van der Waals surface area contributed by atoms with E-state index in [1.165, 1.54) is 5.56 Å². The summed E-state index contributed by atoms with van der Waals surface area (Å²) in [4.78, 5) is 9.98. The Bertz CT molecular complexity index is 1430. The zero-order chi connectivity index (χ0) is 25.5. The third kappa shape index (κ3) is 6.07. The highest BCUT2D eigenvalue weighted by molar-refractivity contribution is 5.90. The number of nitrogens with zero attached hydrogens (tertiary/aromatic N) is 3. The second kappa shape index (κ2) is 11.8. The normalized spacial score (nSPS) is 14.3. The summed E-state index contributed by atoms with van der Waals surface area (Å²) in [7, 11) is 0. The van der Waals surface area contributed by atoms with Gasteiger partial charge in [0.1, 0.15) is 6.07 Å². The number of ether oxygens (including phenoxy) is 1. The number of aromatic amines is 1. The number of nitrogens with one attached hydrogen (secondary N) is 3. The highest BCUT2D eigenvalue weighted by Gasteiger charge is 2.12. The molecule has 0 unspecified atom stereocenters. The van der Waals surface area contributed by atoms with Crippen molar-refractivity contribution >= 4 is 34.4 Å². The zero-order valence-electron chi connectivity index (χ0n) is 21.1. The van der Waals surface area contributed by atoms with Gasteiger partial charge < -0.3 is 20.4 Å². The molecule has 0 aliphatic carbocycles. The smallest absolute Gasteiger partial charge is 0.103 e. The summed E-state index contributed by atoms with van der Waals surface area (Å²) in [6.45, 7) is 8.60. The monoisotopic (exact) mass is 492 g/mol. The predicted octanol–water partition coefficient (Wildman–Crippen LogP) is 5.08. The van der Waals surface area contributed by atoms with Gasteiger partial charge in [0.2, 0.25) is 0 Å². The summed E-state index contributed by atoms with van der Waals surface area (Å²) in [6.07, 6.45) is 9.43. The molecule has 7 nitrogen and oxygen atoms in total. The van der Waals surface area contributed by atoms with E-state index in [-0.39, 0.29) is 0 Å². The summed E-state index contributed by atoms with van der Waals surface area (Å²) in [5.74, 6) is 0. The second-order valence-electron chi connectivity index (χ2n) is 9.27. The minimum atomic E-state index is 0.508. The van der Waals surface area contributed by atoms with Crippen LogP contribution in [0.3, 0.4) is 0 Å². The second-order valence-corrected chi connectivity index (χ2v) is 9.27. The zero-order valence-corrected chi connectivity index (χ0v) is 21.1. The van der Waals surface area contributed by atoms with Crippen LogP contribution in [0.1, 0.15) is 27.8 Å². The molecule has 0 atom stereocenters. The van der Waals surface area contributed by atoms with Gasteiger partial charge in [-0.25, -0.2) is 0 Å². The van der Waals surface area contributed by atoms with Gasteiger partial charge >= 0.3 is 0 Å². The van der Waals surface area contributed by atoms with E-state index in [1.54, 1.807) is 12.4 Å². The number of hydrogen-bond donors (Lipinski definition) is 3. The van der Waals surface area contributed by atoms with Gasteiger partial charge in [0.05, 0.1) is 24.5 Å². The number of nitriles is 1. The highest BCUT2D eigenvalue weighted by atomic mass is 16.5. The molecule has 2 aromatic carbocycles. The van der Waals surface area contributed by atoms with Crippen LogP contribution in [0.2, 0.25) is 0 Å². The Morgan fingerprint density at radius 1 is 1.14 bits per heavy atom. The van der Waals surface area contributed by atoms with Crippen LogP contribution in [0, 0.1) is 18.3 Å². The molecule has 0 radical (unpaired) electrons. The van der Waals surface area contributed by atoms with Crippen LogP contribution in [0.25, 0.3) is 23.1 Å². The Kier molecular flexibility index (Phi) is 7.92. The molecule has 3 heterocycles. The molecule has 1 aliphatic rings. The summed E-state index contributed by atoms with van der Waals surface area (Å²) >= 11 is 0. The number of aromatic nitrogens is 2. The summed E-state index contributed by atoms with van der Waals surface area (Å²) in [6, 6.07) is 16.9. The summed E-state index contributed by atoms with van der Waals surface area (Å²) < 4.78 is 5.42. The Morgan fingerprint density at radius 3 is 2.89 bits per heavy atom. The maximum atomic E-state index is 9.76. The topological polar surface area (TPSA) is 89.0 Å². The lowest BCUT2D eigenvalue weighted by Gasteiger charge is -2.26. The largest absolute Gasteiger partial charge is 0.379 e. The lowest BCUT2D eigenvalue weighted by Crippen LogP contribution is -2.40. The van der Waals surface area contributed by atoms with Crippen molar-refractivity contribution in [2.75, 3.05) is 44.7 Å². The highest BCUT2D eigenvalue weighted by Crippen LogP contribution is 2.31. The van der Waals surface area contributed by atoms with Crippen LogP contribution >= 0.6 is 0 Å². The first-order valence-corrected chi connectivity index (χ1v) is 12.7. The van der Waals surface area contributed by atoms with Crippen molar-refractivity contribution < 1.29 is 4.74 Å². The van der Waals surface area contributed by atoms with Crippen molar-refractivity contribution in [1.29, 1.82) is 5.26 Å². The lowest BCUT2D eigenvalue weighted by atomic mass is 10.1. The number of morpholine rings is 1. The van der Waals surface area contributed by atoms with Crippen LogP contribution in [-0.2, 0) is 11.3 Å². The first kappa shape index (κ1) is 24.7. The fraction of sp³-hybridized carbons (Fsp3) is 0.267. The fourth-order valence-electron chi connectivity index (χ4n) is 4.67. The third-order valence-corrected chi connectivity index (χ3v) is 6.80. The molecule has 1 saturated heterocycles. The van der Waals surface area contributed by atoms with Gasteiger partial charge in [-0.2, -0.15) is 5.26 Å². The van der Waals surface area contributed by atoms with Crippen LogP contribution in [0.15, 0.2) is 61.1 Å². The Labute approximate surface area is 217 Å². The van der Waals surface area contributed by atoms with E-state index < -0.39 is 0 Å². The molecule has 4 aromatic rings. The van der Waals surface area contributed by atoms with E-state index in [9.17, 15) is 5.26 Å². The van der Waals surface area contributed by atoms with E-state index in [0.717, 1.165) is 84.9 Å². The molecule has 0 spiro atoms. The molecule has 1 aliphatic heterocycles. The Balaban J connectivity index is 1.28. The SMILES string of the molecule is Cc1c(Nc2c(C#N)cncc2/C=C/c2cccc(CNCCN3CCOCC3)c2)ccc2[nH]ccc12. The first-order chi connectivity index (χ1) is 18.2. The number of rotatable bonds is 9. The third-order valence-electron chi connectivity index (χ3n) is 6.80. The van der Waals surface area contributed by atoms with Gasteiger partial charge in [0.15, 0.2) is 0 Å². The van der Waals surface area contributed by atoms with Crippen molar-refractivity contribution in [2.45, 2.75) is 13.5 Å². The number of fused-ring (bicyclic) bond motifs is 1. The minimum Gasteiger partial charge on any atom is -0.379 e. The quantitative estimate of drug-likeness (QED) is 0.283. The van der Waals surface area contributed by atoms with Crippen LogP contribution in [0.4, 0.5) is 11.4 Å². The molecule has 0 saturated carbocycles. The van der Waals surface area contributed by atoms with Gasteiger partial charge in [-0.05, 0) is 41.8 Å². The summed E-state index contributed by atoms with van der Waals surface area (Å²) in [5.41, 5.74) is 7.66. The fourth-order valence-corrected chi connectivity index (χ4v) is 4.67. The summed E-state index contributed by atoms with van der Waals surface area (Å²) in [5, 5.41) is 18.0. The van der Waals surface area contributed by atoms with Crippen molar-refractivity contribution in [1.82, 2.24) is 20.2 Å². The lowest BCUT2D eigenvalue weighted by molar-refractivity contribution is 0.0384. The molecule has 5 rings (SSSR count). The van der Waals surface area contributed by atoms with Crippen LogP contribution < -0.4 is 10.6 Å². The average molecular weight is 493 g/mol. The standard InChI is InChI=1S/C30H32N6O/c1-22-27-9-10-34-29(27)8-7-28(22)35-30-25(20-33-21-26(30)18-31)6-5-23-3-2-4-24(17-23)19-32-11-12-36-13-15-37-16-14-36/h2-10,17,20-21,32,34H,11-16,19H2,1H3,(H,33,35)/b6-5+. The number of benzene rings is 2. The molecule has 2 aromatic heterocycles. The van der Waals surface area contributed by atoms with Gasteiger partial charge in [-0.15, -0.1) is 0 Å². The molecule has 0 bridgehead atoms. The van der Waals surface area contributed by atoms with Gasteiger partial charge in [-0.1, -0.05) is 36.4 Å². The number of anilines is 2. The molecule has 1 fully saturated rings. The molecule has 7 heteroatoms. The first-order valence-electron chi connectivity index (χ1n) is 12.7. The van der Waals surface area contributed by atoms with E-state index in [0.29, 0.717) is 5.56 Å². The van der Waals surface area contributed by atoms with Gasteiger partial charge in [0, 0.05) is 73.5 Å². The Morgan fingerprint density at radius 2 is 2.03 bits per heavy atom. The van der Waals surface area contributed by atoms with E-state index >= 15 is 0 Å². The number of hydrogen-bond acceptors (Lipinski definition) is 6. The number of H-pyrrole nitrogens is 1. The van der Waals surface area contributed by atoms with Crippen LogP contribution in [0.5, 0.6) is 0 Å².